The quantitative estimate of drug-likeness (QED) is 0.323. The molecule has 0 radical (unpaired) electrons. The summed E-state index contributed by atoms with van der Waals surface area (Å²) in [5.41, 5.74) is 1.11. The van der Waals surface area contributed by atoms with Gasteiger partial charge in [0.25, 0.3) is 5.92 Å². The van der Waals surface area contributed by atoms with Gasteiger partial charge in [0.05, 0.1) is 16.6 Å². The minimum atomic E-state index is -5.13. The van der Waals surface area contributed by atoms with Crippen molar-refractivity contribution in [1.82, 2.24) is 15.6 Å². The number of amides is 1. The number of thiophene rings is 1. The van der Waals surface area contributed by atoms with Crippen molar-refractivity contribution >= 4 is 23.0 Å². The van der Waals surface area contributed by atoms with Gasteiger partial charge in [-0.15, -0.1) is 11.3 Å². The zero-order valence-corrected chi connectivity index (χ0v) is 20.3. The summed E-state index contributed by atoms with van der Waals surface area (Å²) >= 11 is 0.695. The number of Topliss-reactive ketones (excluding diaryl/α,β-unsaturated/α-hetero) is 1. The molecule has 1 spiro atoms. The number of halogens is 5. The van der Waals surface area contributed by atoms with Crippen molar-refractivity contribution in [3.05, 3.63) is 33.3 Å². The molecule has 3 heterocycles. The molecule has 3 rings (SSSR count). The number of fused-ring (bicyclic) bond motifs is 2. The molecule has 1 aromatic heterocycles. The average Bonchev–Trinajstić information content (AvgIpc) is 3.23. The Morgan fingerprint density at radius 3 is 2.41 bits per heavy atom. The molecule has 0 bridgehead atoms. The van der Waals surface area contributed by atoms with E-state index in [4.69, 9.17) is 10.6 Å². The maximum atomic E-state index is 14.0. The lowest BCUT2D eigenvalue weighted by Gasteiger charge is -2.51. The van der Waals surface area contributed by atoms with Crippen molar-refractivity contribution in [2.24, 2.45) is 5.84 Å². The van der Waals surface area contributed by atoms with Crippen LogP contribution in [-0.2, 0) is 21.1 Å². The fourth-order valence-corrected chi connectivity index (χ4v) is 5.59. The third-order valence-electron chi connectivity index (χ3n) is 5.62. The highest BCUT2D eigenvalue weighted by atomic mass is 32.1. The predicted molar refractivity (Wildman–Crippen MR) is 117 cm³/mol. The van der Waals surface area contributed by atoms with Crippen LogP contribution in [0.25, 0.3) is 0 Å². The molecule has 2 aliphatic rings. The van der Waals surface area contributed by atoms with Crippen LogP contribution in [0.4, 0.5) is 22.0 Å². The molecule has 192 valence electrons. The molecule has 0 saturated carbocycles. The molecule has 1 fully saturated rings. The van der Waals surface area contributed by atoms with Gasteiger partial charge in [0.2, 0.25) is 0 Å². The van der Waals surface area contributed by atoms with Crippen LogP contribution in [0.3, 0.4) is 0 Å². The van der Waals surface area contributed by atoms with E-state index in [-0.39, 0.29) is 33.9 Å². The number of carbonyl (C=O) groups is 2. The van der Waals surface area contributed by atoms with Gasteiger partial charge in [0.1, 0.15) is 12.2 Å². The normalized spacial score (nSPS) is 25.4. The number of nitrogens with one attached hydrogen (secondary N) is 2. The second kappa shape index (κ2) is 10.2. The molecule has 0 unspecified atom stereocenters. The summed E-state index contributed by atoms with van der Waals surface area (Å²) in [6.45, 7) is 5.70. The topological polar surface area (TPSA) is 96.7 Å². The minimum absolute atomic E-state index is 0.0654. The van der Waals surface area contributed by atoms with E-state index in [1.165, 1.54) is 20.2 Å². The number of likely N-dealkylation sites (tertiary alicyclic amines) is 1. The van der Waals surface area contributed by atoms with Gasteiger partial charge in [-0.3, -0.25) is 15.4 Å². The number of hydrogen-bond donors (Lipinski definition) is 3. The standard InChI is InChI=1S/C19H23F5N4O3S.C2H6/c1-9-5-18(15-10(13(29)8-31-18)4-14(32-15)17(2,20)21)6-12(11(27-25)7-26-3)28(9)16(30)19(22,23)24;1-2/h4,7,9,12,26-27H,5-6,8,25H2,1-3H3;1-2H3/b11-7-;/t9-,12-,18-;/m0./s1. The number of rotatable bonds is 4. The molecule has 3 atom stereocenters. The molecule has 1 aromatic rings. The lowest BCUT2D eigenvalue weighted by molar-refractivity contribution is -0.198. The lowest BCUT2D eigenvalue weighted by Crippen LogP contribution is -2.62. The van der Waals surface area contributed by atoms with Crippen LogP contribution < -0.4 is 16.6 Å². The summed E-state index contributed by atoms with van der Waals surface area (Å²) in [5, 5.41) is 2.66. The van der Waals surface area contributed by atoms with Crippen LogP contribution in [-0.4, -0.2) is 48.5 Å². The Balaban J connectivity index is 0.00000199. The molecular formula is C21H29F5N4O3S. The van der Waals surface area contributed by atoms with Crippen molar-refractivity contribution in [2.75, 3.05) is 13.7 Å². The molecule has 4 N–H and O–H groups in total. The van der Waals surface area contributed by atoms with E-state index in [1.54, 1.807) is 0 Å². The Hall–Kier alpha value is -2.25. The van der Waals surface area contributed by atoms with E-state index >= 15 is 0 Å². The smallest absolute Gasteiger partial charge is 0.392 e. The van der Waals surface area contributed by atoms with E-state index in [9.17, 15) is 31.5 Å². The van der Waals surface area contributed by atoms with Gasteiger partial charge >= 0.3 is 12.1 Å². The Kier molecular flexibility index (Phi) is 8.37. The zero-order valence-electron chi connectivity index (χ0n) is 19.5. The van der Waals surface area contributed by atoms with Crippen LogP contribution in [0.15, 0.2) is 18.0 Å². The Morgan fingerprint density at radius 2 is 1.91 bits per heavy atom. The Labute approximate surface area is 198 Å². The third-order valence-corrected chi connectivity index (χ3v) is 7.11. The van der Waals surface area contributed by atoms with Crippen LogP contribution >= 0.6 is 11.3 Å². The summed E-state index contributed by atoms with van der Waals surface area (Å²) in [6, 6.07) is -1.12. The molecule has 0 aromatic carbocycles. The van der Waals surface area contributed by atoms with Gasteiger partial charge in [0.15, 0.2) is 5.78 Å². The number of ketones is 1. The van der Waals surface area contributed by atoms with E-state index < -0.39 is 48.1 Å². The first kappa shape index (κ1) is 28.0. The van der Waals surface area contributed by atoms with Crippen molar-refractivity contribution in [3.63, 3.8) is 0 Å². The second-order valence-corrected chi connectivity index (χ2v) is 9.02. The molecule has 13 heteroatoms. The number of hydrogen-bond acceptors (Lipinski definition) is 7. The minimum Gasteiger partial charge on any atom is -0.392 e. The Bertz CT molecular complexity index is 944. The van der Waals surface area contributed by atoms with Gasteiger partial charge < -0.3 is 20.4 Å². The maximum absolute atomic E-state index is 14.0. The summed E-state index contributed by atoms with van der Waals surface area (Å²) < 4.78 is 73.9. The second-order valence-electron chi connectivity index (χ2n) is 7.96. The van der Waals surface area contributed by atoms with Crippen molar-refractivity contribution in [1.29, 1.82) is 0 Å². The van der Waals surface area contributed by atoms with Gasteiger partial charge in [-0.2, -0.15) is 13.2 Å². The molecule has 34 heavy (non-hydrogen) atoms. The van der Waals surface area contributed by atoms with E-state index in [0.717, 1.165) is 6.07 Å². The molecular weight excluding hydrogens is 483 g/mol. The molecule has 0 aliphatic carbocycles. The van der Waals surface area contributed by atoms with Crippen molar-refractivity contribution in [2.45, 2.75) is 70.3 Å². The van der Waals surface area contributed by atoms with E-state index in [0.29, 0.717) is 23.2 Å². The Morgan fingerprint density at radius 1 is 1.29 bits per heavy atom. The number of alkyl halides is 5. The summed E-state index contributed by atoms with van der Waals surface area (Å²) in [7, 11) is 1.50. The first-order valence-corrected chi connectivity index (χ1v) is 11.5. The average molecular weight is 513 g/mol. The maximum Gasteiger partial charge on any atom is 0.471 e. The highest BCUT2D eigenvalue weighted by Gasteiger charge is 2.56. The summed E-state index contributed by atoms with van der Waals surface area (Å²) in [5.74, 6) is -0.220. The predicted octanol–water partition coefficient (Wildman–Crippen LogP) is 3.76. The molecule has 7 nitrogen and oxygen atoms in total. The van der Waals surface area contributed by atoms with Crippen LogP contribution in [0, 0.1) is 0 Å². The van der Waals surface area contributed by atoms with Crippen LogP contribution in [0.5, 0.6) is 0 Å². The van der Waals surface area contributed by atoms with Gasteiger partial charge in [-0.25, -0.2) is 8.78 Å². The molecule has 1 amide bonds. The number of piperidine rings is 1. The van der Waals surface area contributed by atoms with Crippen molar-refractivity contribution in [3.8, 4) is 0 Å². The van der Waals surface area contributed by atoms with Crippen LogP contribution in [0.2, 0.25) is 0 Å². The molecule has 1 saturated heterocycles. The van der Waals surface area contributed by atoms with Gasteiger partial charge in [-0.1, -0.05) is 13.8 Å². The van der Waals surface area contributed by atoms with E-state index in [1.807, 2.05) is 13.8 Å². The first-order valence-electron chi connectivity index (χ1n) is 10.7. The lowest BCUT2D eigenvalue weighted by atomic mass is 9.77. The van der Waals surface area contributed by atoms with Gasteiger partial charge in [0, 0.05) is 49.5 Å². The fourth-order valence-electron chi connectivity index (χ4n) is 4.32. The number of nitrogens with two attached hydrogens (primary N) is 1. The largest absolute Gasteiger partial charge is 0.471 e. The van der Waals surface area contributed by atoms with E-state index in [2.05, 4.69) is 10.7 Å². The fraction of sp³-hybridized carbons (Fsp3) is 0.619. The highest BCUT2D eigenvalue weighted by molar-refractivity contribution is 7.12. The van der Waals surface area contributed by atoms with Crippen LogP contribution in [0.1, 0.15) is 60.6 Å². The number of hydrazine groups is 1. The highest BCUT2D eigenvalue weighted by Crippen LogP contribution is 2.51. The number of ether oxygens (including phenoxy) is 1. The molecule has 2 aliphatic heterocycles. The number of nitrogens with zero attached hydrogens (tertiary/aromatic N) is 1. The van der Waals surface area contributed by atoms with Crippen molar-refractivity contribution < 1.29 is 36.3 Å². The summed E-state index contributed by atoms with van der Waals surface area (Å²) in [6.07, 6.45) is -4.15. The monoisotopic (exact) mass is 512 g/mol. The zero-order chi connectivity index (χ0) is 26.1. The first-order chi connectivity index (χ1) is 15.7. The SMILES string of the molecule is CC.CN/C=C(\NN)[C@@H]1C[C@]2(C[C@H](C)N1C(=O)C(F)(F)F)OCC(=O)c1cc(C(C)(F)F)sc12. The summed E-state index contributed by atoms with van der Waals surface area (Å²) in [4.78, 5) is 25.2. The van der Waals surface area contributed by atoms with Gasteiger partial charge in [-0.05, 0) is 13.0 Å². The third kappa shape index (κ3) is 5.20. The number of carbonyl (C=O) groups excluding carboxylic acids is 2.